The number of thioether (sulfide) groups is 1. The van der Waals surface area contributed by atoms with Gasteiger partial charge in [0.2, 0.25) is 11.0 Å². The quantitative estimate of drug-likeness (QED) is 0.539. The van der Waals surface area contributed by atoms with Crippen LogP contribution in [0.3, 0.4) is 0 Å². The predicted molar refractivity (Wildman–Crippen MR) is 94.8 cm³/mol. The summed E-state index contributed by atoms with van der Waals surface area (Å²) in [6, 6.07) is 6.62. The van der Waals surface area contributed by atoms with Gasteiger partial charge in [0.05, 0.1) is 10.9 Å². The highest BCUT2D eigenvalue weighted by atomic mass is 32.2. The van der Waals surface area contributed by atoms with Crippen LogP contribution in [0.5, 0.6) is 0 Å². The first-order valence-corrected chi connectivity index (χ1v) is 9.07. The zero-order valence-electron chi connectivity index (χ0n) is 13.8. The lowest BCUT2D eigenvalue weighted by molar-refractivity contribution is -0.116. The van der Waals surface area contributed by atoms with Gasteiger partial charge in [0.15, 0.2) is 10.1 Å². The lowest BCUT2D eigenvalue weighted by Crippen LogP contribution is -2.23. The summed E-state index contributed by atoms with van der Waals surface area (Å²) >= 11 is 2.00. The van der Waals surface area contributed by atoms with Crippen LogP contribution < -0.4 is 10.6 Å². The number of hydrogen-bond donors (Lipinski definition) is 2. The summed E-state index contributed by atoms with van der Waals surface area (Å²) in [4.78, 5) is 23.9. The molecular formula is C15H15F3N4O2S2. The number of alkyl halides is 3. The lowest BCUT2D eigenvalue weighted by atomic mass is 10.1. The van der Waals surface area contributed by atoms with E-state index in [1.807, 2.05) is 0 Å². The van der Waals surface area contributed by atoms with Crippen molar-refractivity contribution in [3.05, 3.63) is 29.8 Å². The van der Waals surface area contributed by atoms with Crippen molar-refractivity contribution in [3.63, 3.8) is 0 Å². The Hall–Kier alpha value is -2.14. The van der Waals surface area contributed by atoms with E-state index in [9.17, 15) is 22.8 Å². The van der Waals surface area contributed by atoms with Crippen molar-refractivity contribution in [2.24, 2.45) is 0 Å². The number of benzene rings is 1. The molecule has 1 amide bonds. The molecule has 1 heterocycles. The number of nitrogens with one attached hydrogen (secondary N) is 2. The Labute approximate surface area is 155 Å². The first-order valence-electron chi connectivity index (χ1n) is 7.37. The Bertz CT molecular complexity index is 795. The largest absolute Gasteiger partial charge is 0.405 e. The predicted octanol–water partition coefficient (Wildman–Crippen LogP) is 3.83. The smallest absolute Gasteiger partial charge is 0.351 e. The molecule has 1 atom stereocenters. The maximum absolute atomic E-state index is 12.3. The molecule has 0 aliphatic heterocycles. The van der Waals surface area contributed by atoms with Crippen molar-refractivity contribution in [1.29, 1.82) is 0 Å². The summed E-state index contributed by atoms with van der Waals surface area (Å²) in [6.07, 6.45) is -4.35. The summed E-state index contributed by atoms with van der Waals surface area (Å²) in [5, 5.41) is 11.6. The molecule has 0 saturated heterocycles. The van der Waals surface area contributed by atoms with Crippen LogP contribution in [-0.2, 0) is 4.79 Å². The zero-order valence-corrected chi connectivity index (χ0v) is 15.4. The molecule has 1 aromatic carbocycles. The standard InChI is InChI=1S/C15H15F3N4O2S2/c1-8(23)10-5-3-4-6-11(10)20-12(24)9(2)25-14-22-21-13(26-14)19-7-15(16,17)18/h3-6,9H,7H2,1-2H3,(H,19,21)(H,20,24). The van der Waals surface area contributed by atoms with Gasteiger partial charge in [-0.25, -0.2) is 0 Å². The molecule has 6 nitrogen and oxygen atoms in total. The van der Waals surface area contributed by atoms with Gasteiger partial charge in [0, 0.05) is 5.56 Å². The molecule has 0 radical (unpaired) electrons. The van der Waals surface area contributed by atoms with Gasteiger partial charge in [-0.3, -0.25) is 9.59 Å². The number of aromatic nitrogens is 2. The highest BCUT2D eigenvalue weighted by Crippen LogP contribution is 2.30. The van der Waals surface area contributed by atoms with Gasteiger partial charge in [-0.05, 0) is 26.0 Å². The number of rotatable bonds is 7. The van der Waals surface area contributed by atoms with E-state index in [0.717, 1.165) is 23.1 Å². The molecule has 2 aromatic rings. The van der Waals surface area contributed by atoms with Crippen LogP contribution in [0.2, 0.25) is 0 Å². The molecule has 1 aromatic heterocycles. The third-order valence-corrected chi connectivity index (χ3v) is 5.12. The maximum Gasteiger partial charge on any atom is 0.405 e. The van der Waals surface area contributed by atoms with Crippen LogP contribution in [0, 0.1) is 0 Å². The number of amides is 1. The van der Waals surface area contributed by atoms with Gasteiger partial charge in [0.1, 0.15) is 6.54 Å². The molecule has 0 spiro atoms. The fourth-order valence-electron chi connectivity index (χ4n) is 1.84. The summed E-state index contributed by atoms with van der Waals surface area (Å²) in [6.45, 7) is 1.82. The van der Waals surface area contributed by atoms with Gasteiger partial charge >= 0.3 is 6.18 Å². The number of nitrogens with zero attached hydrogens (tertiary/aromatic N) is 2. The van der Waals surface area contributed by atoms with E-state index in [4.69, 9.17) is 0 Å². The fourth-order valence-corrected chi connectivity index (χ4v) is 3.73. The topological polar surface area (TPSA) is 84.0 Å². The molecule has 0 fully saturated rings. The summed E-state index contributed by atoms with van der Waals surface area (Å²) in [5.41, 5.74) is 0.801. The molecule has 2 N–H and O–H groups in total. The Balaban J connectivity index is 1.96. The van der Waals surface area contributed by atoms with Crippen molar-refractivity contribution in [3.8, 4) is 0 Å². The van der Waals surface area contributed by atoms with E-state index in [0.29, 0.717) is 15.6 Å². The van der Waals surface area contributed by atoms with E-state index < -0.39 is 18.0 Å². The second-order valence-corrected chi connectivity index (χ2v) is 7.76. The summed E-state index contributed by atoms with van der Waals surface area (Å²) in [5.74, 6) is -0.533. The van der Waals surface area contributed by atoms with Gasteiger partial charge in [0.25, 0.3) is 0 Å². The summed E-state index contributed by atoms with van der Waals surface area (Å²) < 4.78 is 36.9. The molecule has 0 bridgehead atoms. The van der Waals surface area contributed by atoms with Crippen LogP contribution in [-0.4, -0.2) is 39.9 Å². The van der Waals surface area contributed by atoms with Crippen LogP contribution >= 0.6 is 23.1 Å². The second kappa shape index (κ2) is 8.49. The molecule has 0 aliphatic rings. The third kappa shape index (κ3) is 5.99. The monoisotopic (exact) mass is 404 g/mol. The Morgan fingerprint density at radius 3 is 2.62 bits per heavy atom. The van der Waals surface area contributed by atoms with Crippen LogP contribution in [0.15, 0.2) is 28.6 Å². The van der Waals surface area contributed by atoms with Crippen LogP contribution in [0.25, 0.3) is 0 Å². The van der Waals surface area contributed by atoms with E-state index >= 15 is 0 Å². The molecule has 1 unspecified atom stereocenters. The van der Waals surface area contributed by atoms with Gasteiger partial charge < -0.3 is 10.6 Å². The molecule has 2 rings (SSSR count). The van der Waals surface area contributed by atoms with E-state index in [2.05, 4.69) is 20.8 Å². The van der Waals surface area contributed by atoms with Crippen LogP contribution in [0.1, 0.15) is 24.2 Å². The number of anilines is 2. The highest BCUT2D eigenvalue weighted by molar-refractivity contribution is 8.02. The molecule has 11 heteroatoms. The Morgan fingerprint density at radius 2 is 1.96 bits per heavy atom. The zero-order chi connectivity index (χ0) is 19.3. The van der Waals surface area contributed by atoms with Crippen LogP contribution in [0.4, 0.5) is 24.0 Å². The second-order valence-electron chi connectivity index (χ2n) is 5.19. The van der Waals surface area contributed by atoms with Gasteiger partial charge in [-0.15, -0.1) is 10.2 Å². The van der Waals surface area contributed by atoms with Crippen molar-refractivity contribution >= 4 is 45.6 Å². The van der Waals surface area contributed by atoms with Crippen molar-refractivity contribution in [2.75, 3.05) is 17.2 Å². The minimum atomic E-state index is -4.35. The number of ketones is 1. The highest BCUT2D eigenvalue weighted by Gasteiger charge is 2.27. The van der Waals surface area contributed by atoms with Crippen molar-refractivity contribution < 1.29 is 22.8 Å². The lowest BCUT2D eigenvalue weighted by Gasteiger charge is -2.12. The molecular weight excluding hydrogens is 389 g/mol. The number of carbonyl (C=O) groups excluding carboxylic acids is 2. The van der Waals surface area contributed by atoms with Gasteiger partial charge in [-0.2, -0.15) is 13.2 Å². The number of para-hydroxylation sites is 1. The van der Waals surface area contributed by atoms with E-state index in [1.165, 1.54) is 6.92 Å². The average Bonchev–Trinajstić information content (AvgIpc) is 3.00. The minimum absolute atomic E-state index is 0.0272. The fraction of sp³-hybridized carbons (Fsp3) is 0.333. The van der Waals surface area contributed by atoms with Crippen molar-refractivity contribution in [2.45, 2.75) is 29.6 Å². The number of Topliss-reactive ketones (excluding diaryl/α,β-unsaturated/α-hetero) is 1. The summed E-state index contributed by atoms with van der Waals surface area (Å²) in [7, 11) is 0. The minimum Gasteiger partial charge on any atom is -0.351 e. The average molecular weight is 404 g/mol. The Kier molecular flexibility index (Phi) is 6.59. The molecule has 0 aliphatic carbocycles. The first-order chi connectivity index (χ1) is 12.2. The Morgan fingerprint density at radius 1 is 1.27 bits per heavy atom. The van der Waals surface area contributed by atoms with Gasteiger partial charge in [-0.1, -0.05) is 35.2 Å². The number of halogens is 3. The molecule has 0 saturated carbocycles. The van der Waals surface area contributed by atoms with Crippen molar-refractivity contribution in [1.82, 2.24) is 10.2 Å². The SMILES string of the molecule is CC(=O)c1ccccc1NC(=O)C(C)Sc1nnc(NCC(F)(F)F)s1. The molecule has 140 valence electrons. The molecule has 26 heavy (non-hydrogen) atoms. The van der Waals surface area contributed by atoms with E-state index in [1.54, 1.807) is 31.2 Å². The van der Waals surface area contributed by atoms with E-state index in [-0.39, 0.29) is 16.8 Å². The number of hydrogen-bond acceptors (Lipinski definition) is 7. The first kappa shape index (κ1) is 20.2. The normalized spacial score (nSPS) is 12.5. The maximum atomic E-state index is 12.3. The number of carbonyl (C=O) groups is 2. The third-order valence-electron chi connectivity index (χ3n) is 3.06.